The zero-order valence-corrected chi connectivity index (χ0v) is 9.62. The molecule has 0 aliphatic rings. The molecular formula is C12H20N2O. The van der Waals surface area contributed by atoms with Crippen LogP contribution < -0.4 is 5.32 Å². The summed E-state index contributed by atoms with van der Waals surface area (Å²) in [6.45, 7) is 6.72. The van der Waals surface area contributed by atoms with E-state index < -0.39 is 0 Å². The van der Waals surface area contributed by atoms with Crippen LogP contribution in [0.2, 0.25) is 0 Å². The lowest BCUT2D eigenvalue weighted by atomic mass is 10.3. The molecule has 0 saturated heterocycles. The minimum absolute atomic E-state index is 0.826. The maximum Gasteiger partial charge on any atom is 0.126 e. The highest BCUT2D eigenvalue weighted by molar-refractivity contribution is 5.34. The molecule has 1 N–H and O–H groups in total. The molecule has 0 atom stereocenters. The highest BCUT2D eigenvalue weighted by Gasteiger charge is 1.93. The molecule has 0 aliphatic heterocycles. The highest BCUT2D eigenvalue weighted by Crippen LogP contribution is 2.03. The molecule has 1 rings (SSSR count). The van der Waals surface area contributed by atoms with Crippen LogP contribution in [0, 0.1) is 6.92 Å². The van der Waals surface area contributed by atoms with Crippen LogP contribution in [-0.2, 0) is 4.74 Å². The molecule has 0 spiro atoms. The zero-order valence-electron chi connectivity index (χ0n) is 9.62. The Morgan fingerprint density at radius 1 is 1.33 bits per heavy atom. The number of anilines is 1. The van der Waals surface area contributed by atoms with Gasteiger partial charge in [0.25, 0.3) is 0 Å². The molecule has 0 aliphatic carbocycles. The van der Waals surface area contributed by atoms with Crippen molar-refractivity contribution in [2.45, 2.75) is 26.7 Å². The van der Waals surface area contributed by atoms with Crippen LogP contribution in [0.4, 0.5) is 5.82 Å². The van der Waals surface area contributed by atoms with E-state index in [1.54, 1.807) is 0 Å². The Hall–Kier alpha value is -1.09. The minimum atomic E-state index is 0.826. The standard InChI is InChI=1S/C12H20N2O/c1-3-9-15-10-5-8-13-12-7-4-6-11(2)14-12/h4,6-7H,3,5,8-10H2,1-2H3,(H,13,14). The number of aryl methyl sites for hydroxylation is 1. The number of pyridine rings is 1. The van der Waals surface area contributed by atoms with E-state index >= 15 is 0 Å². The lowest BCUT2D eigenvalue weighted by Gasteiger charge is -2.06. The normalized spacial score (nSPS) is 10.3. The fourth-order valence-corrected chi connectivity index (χ4v) is 1.28. The van der Waals surface area contributed by atoms with Crippen LogP contribution in [0.1, 0.15) is 25.5 Å². The number of aromatic nitrogens is 1. The van der Waals surface area contributed by atoms with Gasteiger partial charge in [0.1, 0.15) is 5.82 Å². The van der Waals surface area contributed by atoms with Crippen molar-refractivity contribution in [1.82, 2.24) is 4.98 Å². The van der Waals surface area contributed by atoms with Gasteiger partial charge in [-0.25, -0.2) is 4.98 Å². The highest BCUT2D eigenvalue weighted by atomic mass is 16.5. The van der Waals surface area contributed by atoms with Gasteiger partial charge in [0.15, 0.2) is 0 Å². The van der Waals surface area contributed by atoms with Crippen molar-refractivity contribution in [1.29, 1.82) is 0 Å². The van der Waals surface area contributed by atoms with Gasteiger partial charge < -0.3 is 10.1 Å². The van der Waals surface area contributed by atoms with Gasteiger partial charge in [-0.3, -0.25) is 0 Å². The number of rotatable bonds is 7. The largest absolute Gasteiger partial charge is 0.381 e. The van der Waals surface area contributed by atoms with E-state index in [0.29, 0.717) is 0 Å². The minimum Gasteiger partial charge on any atom is -0.381 e. The lowest BCUT2D eigenvalue weighted by molar-refractivity contribution is 0.134. The number of nitrogens with one attached hydrogen (secondary N) is 1. The van der Waals surface area contributed by atoms with Crippen LogP contribution in [0.3, 0.4) is 0 Å². The Bertz CT molecular complexity index is 276. The summed E-state index contributed by atoms with van der Waals surface area (Å²) in [6, 6.07) is 5.99. The molecule has 1 aromatic rings. The van der Waals surface area contributed by atoms with E-state index in [1.807, 2.05) is 25.1 Å². The maximum absolute atomic E-state index is 5.38. The maximum atomic E-state index is 5.38. The lowest BCUT2D eigenvalue weighted by Crippen LogP contribution is -2.07. The third-order valence-corrected chi connectivity index (χ3v) is 2.01. The summed E-state index contributed by atoms with van der Waals surface area (Å²) < 4.78 is 5.38. The van der Waals surface area contributed by atoms with Gasteiger partial charge in [-0.15, -0.1) is 0 Å². The van der Waals surface area contributed by atoms with Crippen LogP contribution in [0.25, 0.3) is 0 Å². The van der Waals surface area contributed by atoms with Crippen molar-refractivity contribution >= 4 is 5.82 Å². The molecule has 0 unspecified atom stereocenters. The number of nitrogens with zero attached hydrogens (tertiary/aromatic N) is 1. The van der Waals surface area contributed by atoms with E-state index in [2.05, 4.69) is 17.2 Å². The summed E-state index contributed by atoms with van der Waals surface area (Å²) in [4.78, 5) is 4.36. The fraction of sp³-hybridized carbons (Fsp3) is 0.583. The zero-order chi connectivity index (χ0) is 10.9. The summed E-state index contributed by atoms with van der Waals surface area (Å²) in [7, 11) is 0. The van der Waals surface area contributed by atoms with E-state index in [-0.39, 0.29) is 0 Å². The third-order valence-electron chi connectivity index (χ3n) is 2.01. The number of hydrogen-bond acceptors (Lipinski definition) is 3. The summed E-state index contributed by atoms with van der Waals surface area (Å²) >= 11 is 0. The van der Waals surface area contributed by atoms with Gasteiger partial charge in [-0.2, -0.15) is 0 Å². The summed E-state index contributed by atoms with van der Waals surface area (Å²) in [5, 5.41) is 3.27. The van der Waals surface area contributed by atoms with Crippen molar-refractivity contribution in [3.63, 3.8) is 0 Å². The van der Waals surface area contributed by atoms with Crippen molar-refractivity contribution in [3.05, 3.63) is 23.9 Å². The smallest absolute Gasteiger partial charge is 0.126 e. The van der Waals surface area contributed by atoms with Crippen molar-refractivity contribution in [2.24, 2.45) is 0 Å². The van der Waals surface area contributed by atoms with Crippen LogP contribution in [0.15, 0.2) is 18.2 Å². The number of ether oxygens (including phenoxy) is 1. The molecule has 0 radical (unpaired) electrons. The molecule has 0 aromatic carbocycles. The molecule has 84 valence electrons. The predicted octanol–water partition coefficient (Wildman–Crippen LogP) is 2.62. The fourth-order valence-electron chi connectivity index (χ4n) is 1.28. The third kappa shape index (κ3) is 5.37. The van der Waals surface area contributed by atoms with Crippen molar-refractivity contribution in [3.8, 4) is 0 Å². The van der Waals surface area contributed by atoms with E-state index in [1.165, 1.54) is 0 Å². The first-order valence-corrected chi connectivity index (χ1v) is 5.58. The first kappa shape index (κ1) is 12.0. The summed E-state index contributed by atoms with van der Waals surface area (Å²) in [5.74, 6) is 0.950. The average Bonchev–Trinajstić information content (AvgIpc) is 2.23. The monoisotopic (exact) mass is 208 g/mol. The molecule has 0 saturated carbocycles. The van der Waals surface area contributed by atoms with E-state index in [9.17, 15) is 0 Å². The van der Waals surface area contributed by atoms with Gasteiger partial charge >= 0.3 is 0 Å². The SMILES string of the molecule is CCCOCCCNc1cccc(C)n1. The van der Waals surface area contributed by atoms with Crippen LogP contribution in [-0.4, -0.2) is 24.7 Å². The molecule has 1 heterocycles. The molecule has 3 heteroatoms. The molecule has 3 nitrogen and oxygen atoms in total. The van der Waals surface area contributed by atoms with Gasteiger partial charge in [0, 0.05) is 25.5 Å². The van der Waals surface area contributed by atoms with E-state index in [0.717, 1.165) is 44.1 Å². The Kier molecular flexibility index (Phi) is 5.78. The first-order chi connectivity index (χ1) is 7.33. The van der Waals surface area contributed by atoms with Gasteiger partial charge in [-0.1, -0.05) is 13.0 Å². The van der Waals surface area contributed by atoms with Crippen LogP contribution in [0.5, 0.6) is 0 Å². The van der Waals surface area contributed by atoms with E-state index in [4.69, 9.17) is 4.74 Å². The molecule has 0 amide bonds. The molecule has 15 heavy (non-hydrogen) atoms. The second kappa shape index (κ2) is 7.23. The molecule has 1 aromatic heterocycles. The van der Waals surface area contributed by atoms with Crippen molar-refractivity contribution in [2.75, 3.05) is 25.1 Å². The first-order valence-electron chi connectivity index (χ1n) is 5.58. The number of hydrogen-bond donors (Lipinski definition) is 1. The second-order valence-electron chi connectivity index (χ2n) is 3.56. The second-order valence-corrected chi connectivity index (χ2v) is 3.56. The molecule has 0 bridgehead atoms. The summed E-state index contributed by atoms with van der Waals surface area (Å²) in [5.41, 5.74) is 1.04. The Morgan fingerprint density at radius 3 is 2.93 bits per heavy atom. The van der Waals surface area contributed by atoms with Gasteiger partial charge in [-0.05, 0) is 31.9 Å². The Labute approximate surface area is 91.9 Å². The summed E-state index contributed by atoms with van der Waals surface area (Å²) in [6.07, 6.45) is 2.11. The predicted molar refractivity (Wildman–Crippen MR) is 63.2 cm³/mol. The topological polar surface area (TPSA) is 34.1 Å². The van der Waals surface area contributed by atoms with Gasteiger partial charge in [0.05, 0.1) is 0 Å². The van der Waals surface area contributed by atoms with Gasteiger partial charge in [0.2, 0.25) is 0 Å². The Morgan fingerprint density at radius 2 is 2.20 bits per heavy atom. The Balaban J connectivity index is 2.10. The molecule has 0 fully saturated rings. The molecular weight excluding hydrogens is 188 g/mol. The quantitative estimate of drug-likeness (QED) is 0.699. The van der Waals surface area contributed by atoms with Crippen molar-refractivity contribution < 1.29 is 4.74 Å². The average molecular weight is 208 g/mol. The van der Waals surface area contributed by atoms with Crippen LogP contribution >= 0.6 is 0 Å².